The SMILES string of the molecule is C#CCN1CCC(NC2Cc3ccccc3C2)CC1. The van der Waals surface area contributed by atoms with Crippen molar-refractivity contribution in [3.63, 3.8) is 0 Å². The van der Waals surface area contributed by atoms with Gasteiger partial charge in [0.05, 0.1) is 6.54 Å². The van der Waals surface area contributed by atoms with Crippen LogP contribution in [0.4, 0.5) is 0 Å². The normalized spacial score (nSPS) is 21.2. The first kappa shape index (κ1) is 12.7. The lowest BCUT2D eigenvalue weighted by Gasteiger charge is -2.32. The van der Waals surface area contributed by atoms with E-state index >= 15 is 0 Å². The number of hydrogen-bond donors (Lipinski definition) is 1. The Balaban J connectivity index is 1.48. The highest BCUT2D eigenvalue weighted by atomic mass is 15.1. The lowest BCUT2D eigenvalue weighted by molar-refractivity contribution is 0.210. The second kappa shape index (κ2) is 5.77. The molecule has 1 aliphatic heterocycles. The molecule has 0 aromatic heterocycles. The van der Waals surface area contributed by atoms with Crippen LogP contribution in [0.25, 0.3) is 0 Å². The molecule has 0 radical (unpaired) electrons. The molecule has 3 rings (SSSR count). The van der Waals surface area contributed by atoms with Gasteiger partial charge >= 0.3 is 0 Å². The minimum atomic E-state index is 0.640. The van der Waals surface area contributed by atoms with E-state index in [-0.39, 0.29) is 0 Å². The average molecular weight is 254 g/mol. The number of benzene rings is 1. The fourth-order valence-electron chi connectivity index (χ4n) is 3.40. The summed E-state index contributed by atoms with van der Waals surface area (Å²) in [7, 11) is 0. The maximum atomic E-state index is 5.37. The van der Waals surface area contributed by atoms with Crippen molar-refractivity contribution in [2.75, 3.05) is 19.6 Å². The van der Waals surface area contributed by atoms with Crippen LogP contribution in [-0.4, -0.2) is 36.6 Å². The van der Waals surface area contributed by atoms with Gasteiger partial charge < -0.3 is 5.32 Å². The summed E-state index contributed by atoms with van der Waals surface area (Å²) < 4.78 is 0. The van der Waals surface area contributed by atoms with Gasteiger partial charge in [0.25, 0.3) is 0 Å². The largest absolute Gasteiger partial charge is 0.310 e. The summed E-state index contributed by atoms with van der Waals surface area (Å²) in [5.41, 5.74) is 3.06. The molecule has 0 spiro atoms. The van der Waals surface area contributed by atoms with Crippen molar-refractivity contribution < 1.29 is 0 Å². The van der Waals surface area contributed by atoms with E-state index in [2.05, 4.69) is 40.4 Å². The van der Waals surface area contributed by atoms with Gasteiger partial charge in [-0.15, -0.1) is 6.42 Å². The van der Waals surface area contributed by atoms with Gasteiger partial charge in [0.1, 0.15) is 0 Å². The van der Waals surface area contributed by atoms with E-state index in [1.807, 2.05) is 0 Å². The number of likely N-dealkylation sites (tertiary alicyclic amines) is 1. The van der Waals surface area contributed by atoms with Crippen LogP contribution in [0.15, 0.2) is 24.3 Å². The molecule has 100 valence electrons. The molecule has 0 unspecified atom stereocenters. The first-order valence-corrected chi connectivity index (χ1v) is 7.34. The van der Waals surface area contributed by atoms with Crippen molar-refractivity contribution in [3.8, 4) is 12.3 Å². The molecule has 19 heavy (non-hydrogen) atoms. The van der Waals surface area contributed by atoms with Gasteiger partial charge in [-0.3, -0.25) is 4.90 Å². The van der Waals surface area contributed by atoms with E-state index in [1.165, 1.54) is 36.8 Å². The van der Waals surface area contributed by atoms with Gasteiger partial charge in [-0.25, -0.2) is 0 Å². The first-order valence-electron chi connectivity index (χ1n) is 7.34. The molecule has 0 saturated carbocycles. The van der Waals surface area contributed by atoms with E-state index in [1.54, 1.807) is 0 Å². The van der Waals surface area contributed by atoms with Crippen LogP contribution in [0, 0.1) is 12.3 Å². The van der Waals surface area contributed by atoms with E-state index in [0.717, 1.165) is 19.6 Å². The zero-order chi connectivity index (χ0) is 13.1. The van der Waals surface area contributed by atoms with E-state index in [9.17, 15) is 0 Å². The number of hydrogen-bond acceptors (Lipinski definition) is 2. The Hall–Kier alpha value is -1.30. The molecular weight excluding hydrogens is 232 g/mol. The molecule has 1 saturated heterocycles. The van der Waals surface area contributed by atoms with E-state index in [0.29, 0.717) is 12.1 Å². The number of nitrogens with one attached hydrogen (secondary N) is 1. The molecular formula is C17H22N2. The van der Waals surface area contributed by atoms with E-state index in [4.69, 9.17) is 6.42 Å². The Morgan fingerprint density at radius 1 is 1.11 bits per heavy atom. The summed E-state index contributed by atoms with van der Waals surface area (Å²) in [5.74, 6) is 2.74. The first-order chi connectivity index (χ1) is 9.35. The molecule has 1 aromatic rings. The topological polar surface area (TPSA) is 15.3 Å². The number of fused-ring (bicyclic) bond motifs is 1. The van der Waals surface area contributed by atoms with Gasteiger partial charge in [-0.05, 0) is 36.8 Å². The van der Waals surface area contributed by atoms with Crippen molar-refractivity contribution in [3.05, 3.63) is 35.4 Å². The standard InChI is InChI=1S/C17H22N2/c1-2-9-19-10-7-16(8-11-19)18-17-12-14-5-3-4-6-15(14)13-17/h1,3-6,16-18H,7-13H2. The molecule has 2 heteroatoms. The predicted octanol–water partition coefficient (Wildman–Crippen LogP) is 1.84. The highest BCUT2D eigenvalue weighted by Crippen LogP contribution is 2.23. The maximum Gasteiger partial charge on any atom is 0.0598 e. The van der Waals surface area contributed by atoms with Crippen LogP contribution in [0.1, 0.15) is 24.0 Å². The number of piperidine rings is 1. The maximum absolute atomic E-state index is 5.37. The highest BCUT2D eigenvalue weighted by molar-refractivity contribution is 5.33. The van der Waals surface area contributed by atoms with Gasteiger partial charge in [0, 0.05) is 25.2 Å². The Morgan fingerprint density at radius 2 is 1.74 bits per heavy atom. The predicted molar refractivity (Wildman–Crippen MR) is 79.1 cm³/mol. The monoisotopic (exact) mass is 254 g/mol. The summed E-state index contributed by atoms with van der Waals surface area (Å²) >= 11 is 0. The van der Waals surface area contributed by atoms with Crippen LogP contribution in [0.5, 0.6) is 0 Å². The second-order valence-electron chi connectivity index (χ2n) is 5.80. The zero-order valence-electron chi connectivity index (χ0n) is 11.4. The second-order valence-corrected chi connectivity index (χ2v) is 5.80. The number of nitrogens with zero attached hydrogens (tertiary/aromatic N) is 1. The van der Waals surface area contributed by atoms with Crippen LogP contribution < -0.4 is 5.32 Å². The van der Waals surface area contributed by atoms with Gasteiger partial charge in [-0.1, -0.05) is 30.2 Å². The van der Waals surface area contributed by atoms with Crippen molar-refractivity contribution in [2.24, 2.45) is 0 Å². The average Bonchev–Trinajstić information content (AvgIpc) is 2.83. The lowest BCUT2D eigenvalue weighted by atomic mass is 10.0. The van der Waals surface area contributed by atoms with Crippen LogP contribution in [-0.2, 0) is 12.8 Å². The lowest BCUT2D eigenvalue weighted by Crippen LogP contribution is -2.46. The molecule has 1 heterocycles. The molecule has 1 N–H and O–H groups in total. The third kappa shape index (κ3) is 3.00. The van der Waals surface area contributed by atoms with Crippen molar-refractivity contribution in [1.29, 1.82) is 0 Å². The molecule has 1 aliphatic carbocycles. The third-order valence-electron chi connectivity index (χ3n) is 4.42. The highest BCUT2D eigenvalue weighted by Gasteiger charge is 2.25. The fourth-order valence-corrected chi connectivity index (χ4v) is 3.40. The smallest absolute Gasteiger partial charge is 0.0598 e. The summed E-state index contributed by atoms with van der Waals surface area (Å²) in [6.07, 6.45) is 10.2. The molecule has 0 atom stereocenters. The van der Waals surface area contributed by atoms with Crippen LogP contribution >= 0.6 is 0 Å². The van der Waals surface area contributed by atoms with Crippen LogP contribution in [0.2, 0.25) is 0 Å². The number of rotatable bonds is 3. The van der Waals surface area contributed by atoms with Gasteiger partial charge in [-0.2, -0.15) is 0 Å². The summed E-state index contributed by atoms with van der Waals surface area (Å²) in [4.78, 5) is 2.38. The third-order valence-corrected chi connectivity index (χ3v) is 4.42. The summed E-state index contributed by atoms with van der Waals surface area (Å²) in [6.45, 7) is 3.09. The van der Waals surface area contributed by atoms with Crippen molar-refractivity contribution in [1.82, 2.24) is 10.2 Å². The van der Waals surface area contributed by atoms with Gasteiger partial charge in [0.15, 0.2) is 0 Å². The minimum Gasteiger partial charge on any atom is -0.310 e. The van der Waals surface area contributed by atoms with Crippen LogP contribution in [0.3, 0.4) is 0 Å². The Kier molecular flexibility index (Phi) is 3.87. The Labute approximate surface area is 116 Å². The molecule has 0 amide bonds. The number of terminal acetylenes is 1. The summed E-state index contributed by atoms with van der Waals surface area (Å²) in [6, 6.07) is 10.2. The minimum absolute atomic E-state index is 0.640. The molecule has 2 aliphatic rings. The molecule has 2 nitrogen and oxygen atoms in total. The van der Waals surface area contributed by atoms with Crippen molar-refractivity contribution in [2.45, 2.75) is 37.8 Å². The Morgan fingerprint density at radius 3 is 2.32 bits per heavy atom. The zero-order valence-corrected chi connectivity index (χ0v) is 11.4. The quantitative estimate of drug-likeness (QED) is 0.828. The Bertz CT molecular complexity index is 441. The fraction of sp³-hybridized carbons (Fsp3) is 0.529. The molecule has 1 aromatic carbocycles. The molecule has 1 fully saturated rings. The van der Waals surface area contributed by atoms with Crippen molar-refractivity contribution >= 4 is 0 Å². The van der Waals surface area contributed by atoms with Gasteiger partial charge in [0.2, 0.25) is 0 Å². The summed E-state index contributed by atoms with van der Waals surface area (Å²) in [5, 5.41) is 3.85. The van der Waals surface area contributed by atoms with E-state index < -0.39 is 0 Å². The molecule has 0 bridgehead atoms.